The third-order valence-corrected chi connectivity index (χ3v) is 2.73. The van der Waals surface area contributed by atoms with Crippen molar-refractivity contribution >= 4 is 28.2 Å². The van der Waals surface area contributed by atoms with Crippen LogP contribution in [0.2, 0.25) is 0 Å². The average Bonchev–Trinajstić information content (AvgIpc) is 2.21. The number of para-hydroxylation sites is 1. The predicted octanol–water partition coefficient (Wildman–Crippen LogP) is 2.97. The standard InChI is InChI=1S/C12H13BrO3/c1-9(6-7-14)8-12(15)16-11-5-3-2-4-10(11)13/h2-5,7,9H,6,8H2,1H3. The van der Waals surface area contributed by atoms with Gasteiger partial charge in [0.15, 0.2) is 0 Å². The third-order valence-electron chi connectivity index (χ3n) is 2.07. The van der Waals surface area contributed by atoms with Crippen molar-refractivity contribution in [2.45, 2.75) is 19.8 Å². The zero-order valence-corrected chi connectivity index (χ0v) is 10.6. The van der Waals surface area contributed by atoms with E-state index in [0.717, 1.165) is 10.8 Å². The van der Waals surface area contributed by atoms with Crippen LogP contribution in [0, 0.1) is 5.92 Å². The van der Waals surface area contributed by atoms with E-state index < -0.39 is 0 Å². The van der Waals surface area contributed by atoms with Gasteiger partial charge in [-0.1, -0.05) is 19.1 Å². The van der Waals surface area contributed by atoms with Crippen molar-refractivity contribution in [1.82, 2.24) is 0 Å². The summed E-state index contributed by atoms with van der Waals surface area (Å²) in [6.45, 7) is 1.84. The highest BCUT2D eigenvalue weighted by Crippen LogP contribution is 2.24. The highest BCUT2D eigenvalue weighted by molar-refractivity contribution is 9.10. The molecule has 0 fully saturated rings. The van der Waals surface area contributed by atoms with Gasteiger partial charge >= 0.3 is 5.97 Å². The van der Waals surface area contributed by atoms with E-state index in [2.05, 4.69) is 15.9 Å². The predicted molar refractivity (Wildman–Crippen MR) is 64.2 cm³/mol. The SMILES string of the molecule is CC(CC=O)CC(=O)Oc1ccccc1Br. The first kappa shape index (κ1) is 12.9. The number of aldehydes is 1. The van der Waals surface area contributed by atoms with Crippen molar-refractivity contribution in [2.24, 2.45) is 5.92 Å². The minimum Gasteiger partial charge on any atom is -0.425 e. The lowest BCUT2D eigenvalue weighted by molar-refractivity contribution is -0.135. The van der Waals surface area contributed by atoms with Crippen LogP contribution < -0.4 is 4.74 Å². The van der Waals surface area contributed by atoms with Gasteiger partial charge < -0.3 is 9.53 Å². The first-order valence-corrected chi connectivity index (χ1v) is 5.81. The summed E-state index contributed by atoms with van der Waals surface area (Å²) in [4.78, 5) is 21.7. The van der Waals surface area contributed by atoms with E-state index in [1.165, 1.54) is 0 Å². The Balaban J connectivity index is 2.52. The molecular formula is C12H13BrO3. The Labute approximate surface area is 103 Å². The molecule has 0 radical (unpaired) electrons. The largest absolute Gasteiger partial charge is 0.425 e. The average molecular weight is 285 g/mol. The Hall–Kier alpha value is -1.16. The lowest BCUT2D eigenvalue weighted by Crippen LogP contribution is -2.12. The zero-order chi connectivity index (χ0) is 12.0. The fraction of sp³-hybridized carbons (Fsp3) is 0.333. The van der Waals surface area contributed by atoms with E-state index >= 15 is 0 Å². The second-order valence-electron chi connectivity index (χ2n) is 3.62. The summed E-state index contributed by atoms with van der Waals surface area (Å²) in [7, 11) is 0. The van der Waals surface area contributed by atoms with E-state index in [-0.39, 0.29) is 18.3 Å². The molecule has 0 saturated heterocycles. The molecule has 4 heteroatoms. The smallest absolute Gasteiger partial charge is 0.311 e. The maximum Gasteiger partial charge on any atom is 0.311 e. The summed E-state index contributed by atoms with van der Waals surface area (Å²) < 4.78 is 5.90. The van der Waals surface area contributed by atoms with Crippen LogP contribution >= 0.6 is 15.9 Å². The normalized spacial score (nSPS) is 11.9. The highest BCUT2D eigenvalue weighted by Gasteiger charge is 2.12. The summed E-state index contributed by atoms with van der Waals surface area (Å²) >= 11 is 3.29. The topological polar surface area (TPSA) is 43.4 Å². The number of hydrogen-bond donors (Lipinski definition) is 0. The first-order valence-electron chi connectivity index (χ1n) is 5.02. The molecule has 86 valence electrons. The number of rotatable bonds is 5. The molecule has 3 nitrogen and oxygen atoms in total. The molecule has 1 aromatic carbocycles. The fourth-order valence-electron chi connectivity index (χ4n) is 1.22. The lowest BCUT2D eigenvalue weighted by Gasteiger charge is -2.08. The molecular weight excluding hydrogens is 272 g/mol. The van der Waals surface area contributed by atoms with Crippen LogP contribution in [-0.2, 0) is 9.59 Å². The van der Waals surface area contributed by atoms with E-state index in [1.807, 2.05) is 13.0 Å². The van der Waals surface area contributed by atoms with Gasteiger partial charge in [0, 0.05) is 12.8 Å². The van der Waals surface area contributed by atoms with E-state index in [1.54, 1.807) is 18.2 Å². The molecule has 1 unspecified atom stereocenters. The second kappa shape index (κ2) is 6.43. The van der Waals surface area contributed by atoms with Crippen LogP contribution in [0.1, 0.15) is 19.8 Å². The van der Waals surface area contributed by atoms with E-state index in [9.17, 15) is 9.59 Å². The van der Waals surface area contributed by atoms with Gasteiger partial charge in [-0.25, -0.2) is 0 Å². The molecule has 0 aliphatic carbocycles. The van der Waals surface area contributed by atoms with Gasteiger partial charge in [-0.2, -0.15) is 0 Å². The fourth-order valence-corrected chi connectivity index (χ4v) is 1.59. The molecule has 0 amide bonds. The monoisotopic (exact) mass is 284 g/mol. The maximum absolute atomic E-state index is 11.5. The van der Waals surface area contributed by atoms with Crippen molar-refractivity contribution in [1.29, 1.82) is 0 Å². The van der Waals surface area contributed by atoms with Crippen LogP contribution in [-0.4, -0.2) is 12.3 Å². The van der Waals surface area contributed by atoms with Crippen LogP contribution in [0.5, 0.6) is 5.75 Å². The Morgan fingerprint density at radius 1 is 1.50 bits per heavy atom. The van der Waals surface area contributed by atoms with Crippen molar-refractivity contribution in [3.63, 3.8) is 0 Å². The van der Waals surface area contributed by atoms with Gasteiger partial charge in [0.05, 0.1) is 4.47 Å². The molecule has 0 aliphatic rings. The first-order chi connectivity index (χ1) is 7.63. The summed E-state index contributed by atoms with van der Waals surface area (Å²) in [6, 6.07) is 7.16. The summed E-state index contributed by atoms with van der Waals surface area (Å²) in [5.41, 5.74) is 0. The van der Waals surface area contributed by atoms with E-state index in [4.69, 9.17) is 4.74 Å². The maximum atomic E-state index is 11.5. The summed E-state index contributed by atoms with van der Waals surface area (Å²) in [6.07, 6.45) is 1.45. The van der Waals surface area contributed by atoms with Gasteiger partial charge in [-0.3, -0.25) is 4.79 Å². The lowest BCUT2D eigenvalue weighted by atomic mass is 10.1. The van der Waals surface area contributed by atoms with Gasteiger partial charge in [0.25, 0.3) is 0 Å². The minimum atomic E-state index is -0.318. The molecule has 16 heavy (non-hydrogen) atoms. The van der Waals surface area contributed by atoms with Crippen LogP contribution in [0.4, 0.5) is 0 Å². The summed E-state index contributed by atoms with van der Waals surface area (Å²) in [5.74, 6) is 0.208. The van der Waals surface area contributed by atoms with E-state index in [0.29, 0.717) is 12.2 Å². The van der Waals surface area contributed by atoms with Gasteiger partial charge in [-0.15, -0.1) is 0 Å². The van der Waals surface area contributed by atoms with Crippen LogP contribution in [0.25, 0.3) is 0 Å². The molecule has 0 heterocycles. The molecule has 0 spiro atoms. The zero-order valence-electron chi connectivity index (χ0n) is 8.98. The molecule has 0 N–H and O–H groups in total. The number of hydrogen-bond acceptors (Lipinski definition) is 3. The molecule has 1 atom stereocenters. The number of esters is 1. The van der Waals surface area contributed by atoms with Gasteiger partial charge in [0.1, 0.15) is 12.0 Å². The van der Waals surface area contributed by atoms with Gasteiger partial charge in [0.2, 0.25) is 0 Å². The number of carbonyl (C=O) groups excluding carboxylic acids is 2. The Kier molecular flexibility index (Phi) is 5.19. The van der Waals surface area contributed by atoms with Crippen LogP contribution in [0.15, 0.2) is 28.7 Å². The Morgan fingerprint density at radius 3 is 2.81 bits per heavy atom. The molecule has 1 rings (SSSR count). The molecule has 0 saturated carbocycles. The Bertz CT molecular complexity index is 376. The minimum absolute atomic E-state index is 0.0208. The number of benzene rings is 1. The van der Waals surface area contributed by atoms with Gasteiger partial charge in [-0.05, 0) is 34.0 Å². The quantitative estimate of drug-likeness (QED) is 0.474. The van der Waals surface area contributed by atoms with Crippen molar-refractivity contribution in [3.8, 4) is 5.75 Å². The molecule has 0 bridgehead atoms. The molecule has 1 aromatic rings. The van der Waals surface area contributed by atoms with Crippen LogP contribution in [0.3, 0.4) is 0 Å². The van der Waals surface area contributed by atoms with Crippen molar-refractivity contribution in [3.05, 3.63) is 28.7 Å². The third kappa shape index (κ3) is 4.14. The van der Waals surface area contributed by atoms with Crippen molar-refractivity contribution in [2.75, 3.05) is 0 Å². The number of ether oxygens (including phenoxy) is 1. The highest BCUT2D eigenvalue weighted by atomic mass is 79.9. The number of carbonyl (C=O) groups is 2. The summed E-state index contributed by atoms with van der Waals surface area (Å²) in [5, 5.41) is 0. The Morgan fingerprint density at radius 2 is 2.19 bits per heavy atom. The second-order valence-corrected chi connectivity index (χ2v) is 4.47. The van der Waals surface area contributed by atoms with Crippen molar-refractivity contribution < 1.29 is 14.3 Å². The molecule has 0 aromatic heterocycles. The number of halogens is 1. The molecule has 0 aliphatic heterocycles.